The molecule has 8 heteroatoms. The van der Waals surface area contributed by atoms with Crippen LogP contribution in [0.5, 0.6) is 0 Å². The van der Waals surface area contributed by atoms with Gasteiger partial charge >= 0.3 is 6.18 Å². The average molecular weight is 381 g/mol. The lowest BCUT2D eigenvalue weighted by Gasteiger charge is -2.25. The number of nitrogens with one attached hydrogen (secondary N) is 1. The highest BCUT2D eigenvalue weighted by atomic mass is 32.1. The number of hydrogen-bond donors (Lipinski definition) is 2. The van der Waals surface area contributed by atoms with Crippen LogP contribution in [0.2, 0.25) is 0 Å². The van der Waals surface area contributed by atoms with Crippen molar-refractivity contribution in [1.82, 2.24) is 5.32 Å². The Hall–Kier alpha value is -2.58. The summed E-state index contributed by atoms with van der Waals surface area (Å²) in [5.41, 5.74) is -3.22. The summed E-state index contributed by atoms with van der Waals surface area (Å²) in [7, 11) is 0. The molecule has 2 heterocycles. The van der Waals surface area contributed by atoms with Gasteiger partial charge in [-0.3, -0.25) is 4.79 Å². The lowest BCUT2D eigenvalue weighted by atomic mass is 9.98. The molecule has 1 aromatic carbocycles. The summed E-state index contributed by atoms with van der Waals surface area (Å²) in [6.45, 7) is -0.341. The molecule has 0 aliphatic carbocycles. The van der Waals surface area contributed by atoms with E-state index in [-0.39, 0.29) is 12.3 Å². The van der Waals surface area contributed by atoms with Crippen LogP contribution in [0.1, 0.15) is 26.6 Å². The normalized spacial score (nSPS) is 14.0. The zero-order chi connectivity index (χ0) is 18.8. The van der Waals surface area contributed by atoms with Crippen molar-refractivity contribution < 1.29 is 27.5 Å². The van der Waals surface area contributed by atoms with Crippen LogP contribution in [0.15, 0.2) is 64.6 Å². The molecule has 0 aliphatic rings. The highest BCUT2D eigenvalue weighted by molar-refractivity contribution is 7.10. The summed E-state index contributed by atoms with van der Waals surface area (Å²) < 4.78 is 44.5. The molecule has 1 amide bonds. The van der Waals surface area contributed by atoms with Gasteiger partial charge in [-0.2, -0.15) is 13.2 Å². The first kappa shape index (κ1) is 18.2. The first-order chi connectivity index (χ1) is 12.3. The first-order valence-electron chi connectivity index (χ1n) is 7.57. The topological polar surface area (TPSA) is 62.5 Å². The van der Waals surface area contributed by atoms with E-state index in [2.05, 4.69) is 5.32 Å². The van der Waals surface area contributed by atoms with E-state index in [1.807, 2.05) is 0 Å². The molecule has 2 N–H and O–H groups in total. The van der Waals surface area contributed by atoms with Crippen LogP contribution in [0.3, 0.4) is 0 Å². The molecule has 1 atom stereocenters. The Labute approximate surface area is 150 Å². The summed E-state index contributed by atoms with van der Waals surface area (Å²) in [5, 5.41) is 15.2. The number of halogens is 3. The van der Waals surface area contributed by atoms with Gasteiger partial charge in [0.1, 0.15) is 5.76 Å². The van der Waals surface area contributed by atoms with Crippen LogP contribution in [0.4, 0.5) is 13.2 Å². The minimum atomic E-state index is -4.65. The Morgan fingerprint density at radius 2 is 1.88 bits per heavy atom. The van der Waals surface area contributed by atoms with Crippen molar-refractivity contribution in [2.75, 3.05) is 6.54 Å². The maximum Gasteiger partial charge on any atom is 0.417 e. The minimum absolute atomic E-state index is 0.185. The Morgan fingerprint density at radius 3 is 2.50 bits per heavy atom. The van der Waals surface area contributed by atoms with Crippen LogP contribution >= 0.6 is 11.3 Å². The SMILES string of the molecule is O=C(NCC(O)(c1ccco1)c1cccs1)c1ccccc1C(F)(F)F. The Morgan fingerprint density at radius 1 is 1.12 bits per heavy atom. The van der Waals surface area contributed by atoms with Crippen LogP contribution in [0, 0.1) is 0 Å². The number of hydrogen-bond acceptors (Lipinski definition) is 4. The monoisotopic (exact) mass is 381 g/mol. The van der Waals surface area contributed by atoms with Crippen LogP contribution < -0.4 is 5.32 Å². The summed E-state index contributed by atoms with van der Waals surface area (Å²) in [6.07, 6.45) is -3.28. The number of carbonyl (C=O) groups is 1. The molecule has 0 saturated heterocycles. The zero-order valence-electron chi connectivity index (χ0n) is 13.3. The van der Waals surface area contributed by atoms with Gasteiger partial charge in [0.2, 0.25) is 0 Å². The van der Waals surface area contributed by atoms with Gasteiger partial charge in [0.05, 0.1) is 23.9 Å². The van der Waals surface area contributed by atoms with Crippen molar-refractivity contribution in [3.05, 3.63) is 81.9 Å². The first-order valence-corrected chi connectivity index (χ1v) is 8.45. The lowest BCUT2D eigenvalue weighted by molar-refractivity contribution is -0.137. The van der Waals surface area contributed by atoms with E-state index in [9.17, 15) is 23.1 Å². The molecular formula is C18H14F3NO3S. The number of furan rings is 1. The molecule has 0 spiro atoms. The Kier molecular flexibility index (Phi) is 4.88. The molecule has 3 aromatic rings. The van der Waals surface area contributed by atoms with Gasteiger partial charge < -0.3 is 14.8 Å². The van der Waals surface area contributed by atoms with E-state index in [0.29, 0.717) is 4.88 Å². The van der Waals surface area contributed by atoms with E-state index in [1.54, 1.807) is 23.6 Å². The maximum absolute atomic E-state index is 13.1. The molecule has 2 aromatic heterocycles. The van der Waals surface area contributed by atoms with Crippen LogP contribution in [-0.4, -0.2) is 17.6 Å². The van der Waals surface area contributed by atoms with Gasteiger partial charge in [0, 0.05) is 4.88 Å². The fraction of sp³-hybridized carbons (Fsp3) is 0.167. The second kappa shape index (κ2) is 6.97. The third-order valence-corrected chi connectivity index (χ3v) is 4.86. The van der Waals surface area contributed by atoms with Crippen molar-refractivity contribution in [3.63, 3.8) is 0 Å². The van der Waals surface area contributed by atoms with Crippen LogP contribution in [-0.2, 0) is 11.8 Å². The second-order valence-electron chi connectivity index (χ2n) is 5.54. The predicted octanol–water partition coefficient (Wildman–Crippen LogP) is 4.03. The fourth-order valence-corrected chi connectivity index (χ4v) is 3.38. The van der Waals surface area contributed by atoms with Crippen molar-refractivity contribution in [2.24, 2.45) is 0 Å². The van der Waals surface area contributed by atoms with Crippen molar-refractivity contribution in [3.8, 4) is 0 Å². The number of aliphatic hydroxyl groups is 1. The molecule has 0 bridgehead atoms. The highest BCUT2D eigenvalue weighted by Crippen LogP contribution is 2.34. The van der Waals surface area contributed by atoms with E-state index in [4.69, 9.17) is 4.42 Å². The van der Waals surface area contributed by atoms with E-state index in [0.717, 1.165) is 12.1 Å². The zero-order valence-corrected chi connectivity index (χ0v) is 14.1. The quantitative estimate of drug-likeness (QED) is 0.702. The largest absolute Gasteiger partial charge is 0.466 e. The van der Waals surface area contributed by atoms with Crippen LogP contribution in [0.25, 0.3) is 0 Å². The van der Waals surface area contributed by atoms with Gasteiger partial charge in [-0.15, -0.1) is 11.3 Å². The van der Waals surface area contributed by atoms with E-state index >= 15 is 0 Å². The minimum Gasteiger partial charge on any atom is -0.466 e. The smallest absolute Gasteiger partial charge is 0.417 e. The van der Waals surface area contributed by atoms with Gasteiger partial charge in [-0.25, -0.2) is 0 Å². The molecule has 0 saturated carbocycles. The van der Waals surface area contributed by atoms with E-state index in [1.165, 1.54) is 35.8 Å². The summed E-state index contributed by atoms with van der Waals surface area (Å²) in [6, 6.07) is 11.0. The number of rotatable bonds is 5. The molecule has 3 rings (SSSR count). The van der Waals surface area contributed by atoms with Crippen molar-refractivity contribution in [2.45, 2.75) is 11.8 Å². The highest BCUT2D eigenvalue weighted by Gasteiger charge is 2.38. The molecule has 0 fully saturated rings. The lowest BCUT2D eigenvalue weighted by Crippen LogP contribution is -2.41. The van der Waals surface area contributed by atoms with Gasteiger partial charge in [0.25, 0.3) is 5.91 Å². The fourth-order valence-electron chi connectivity index (χ4n) is 2.56. The van der Waals surface area contributed by atoms with Gasteiger partial charge in [-0.1, -0.05) is 18.2 Å². The van der Waals surface area contributed by atoms with Crippen molar-refractivity contribution >= 4 is 17.2 Å². The summed E-state index contributed by atoms with van der Waals surface area (Å²) >= 11 is 1.24. The van der Waals surface area contributed by atoms with Gasteiger partial charge in [-0.05, 0) is 35.7 Å². The summed E-state index contributed by atoms with van der Waals surface area (Å²) in [5.74, 6) is -0.746. The Balaban J connectivity index is 1.86. The maximum atomic E-state index is 13.1. The third kappa shape index (κ3) is 3.51. The molecule has 4 nitrogen and oxygen atoms in total. The number of alkyl halides is 3. The predicted molar refractivity (Wildman–Crippen MR) is 89.8 cm³/mol. The third-order valence-electron chi connectivity index (χ3n) is 3.84. The number of amides is 1. The molecular weight excluding hydrogens is 367 g/mol. The van der Waals surface area contributed by atoms with E-state index < -0.39 is 28.8 Å². The number of thiophene rings is 1. The molecule has 136 valence electrons. The number of benzene rings is 1. The number of carbonyl (C=O) groups excluding carboxylic acids is 1. The Bertz CT molecular complexity index is 839. The second-order valence-corrected chi connectivity index (χ2v) is 6.49. The summed E-state index contributed by atoms with van der Waals surface area (Å²) in [4.78, 5) is 12.8. The molecule has 0 aliphatic heterocycles. The molecule has 26 heavy (non-hydrogen) atoms. The standard InChI is InChI=1S/C18H14F3NO3S/c19-18(20,21)13-6-2-1-5-12(13)16(23)22-11-17(24,14-7-3-9-25-14)15-8-4-10-26-15/h1-10,24H,11H2,(H,22,23). The molecule has 1 unspecified atom stereocenters. The van der Waals surface area contributed by atoms with Crippen molar-refractivity contribution in [1.29, 1.82) is 0 Å². The molecule has 0 radical (unpaired) electrons. The average Bonchev–Trinajstić information content (AvgIpc) is 3.32. The van der Waals surface area contributed by atoms with Gasteiger partial charge in [0.15, 0.2) is 5.60 Å².